The molecule has 6 N–H and O–H groups in total. The summed E-state index contributed by atoms with van der Waals surface area (Å²) in [5, 5.41) is 31.5. The number of hydrogen-bond donors (Lipinski definition) is 6. The Morgan fingerprint density at radius 1 is 0.980 bits per heavy atom. The van der Waals surface area contributed by atoms with Crippen molar-refractivity contribution in [3.05, 3.63) is 40.4 Å². The molecule has 2 heterocycles. The third-order valence-electron chi connectivity index (χ3n) is 7.90. The zero-order valence-electron chi connectivity index (χ0n) is 29.3. The highest BCUT2D eigenvalue weighted by Crippen LogP contribution is 2.39. The molecule has 1 unspecified atom stereocenters. The molecule has 15 nitrogen and oxygen atoms in total. The Hall–Kier alpha value is -4.44. The van der Waals surface area contributed by atoms with Crippen LogP contribution in [0.5, 0.6) is 0 Å². The number of aryl methyl sites for hydroxylation is 2. The molecule has 49 heavy (non-hydrogen) atoms. The van der Waals surface area contributed by atoms with E-state index in [-0.39, 0.29) is 17.7 Å². The van der Waals surface area contributed by atoms with Gasteiger partial charge in [0.05, 0.1) is 18.9 Å². The quantitative estimate of drug-likeness (QED) is 0.128. The fraction of sp³-hybridized carbons (Fsp3) is 0.576. The number of aromatic nitrogens is 1. The van der Waals surface area contributed by atoms with Gasteiger partial charge in [0.1, 0.15) is 4.88 Å². The van der Waals surface area contributed by atoms with E-state index in [2.05, 4.69) is 26.3 Å². The van der Waals surface area contributed by atoms with Crippen LogP contribution in [-0.4, -0.2) is 99.1 Å². The van der Waals surface area contributed by atoms with E-state index in [1.165, 1.54) is 6.92 Å². The first kappa shape index (κ1) is 39.0. The van der Waals surface area contributed by atoms with E-state index >= 15 is 0 Å². The summed E-state index contributed by atoms with van der Waals surface area (Å²) in [6.07, 6.45) is -1.04. The van der Waals surface area contributed by atoms with Crippen molar-refractivity contribution in [1.29, 1.82) is 0 Å². The smallest absolute Gasteiger partial charge is 0.411 e. The van der Waals surface area contributed by atoms with Gasteiger partial charge in [-0.25, -0.2) is 14.6 Å². The van der Waals surface area contributed by atoms with Gasteiger partial charge < -0.3 is 35.8 Å². The van der Waals surface area contributed by atoms with E-state index in [1.807, 2.05) is 12.1 Å². The van der Waals surface area contributed by atoms with Crippen LogP contribution in [0, 0.1) is 5.41 Å². The molecule has 1 aliphatic heterocycles. The van der Waals surface area contributed by atoms with Crippen molar-refractivity contribution >= 4 is 52.1 Å². The van der Waals surface area contributed by atoms with Crippen molar-refractivity contribution in [3.63, 3.8) is 0 Å². The standard InChI is InChI=1S/C33H49N7O8S/c1-21(41)35-28-36-24(26(49-28)27(43)34-16-8-9-25(42)39-17-19-48-20-18-39)15-12-22-10-13-23(14-11-22)37-33(31(2,3)4,38-29(44)45)40(30(46)47)32(5,6)7/h10-11,13-14,37-38H,8-9,12,15-20H2,1-7H3,(H,34,43)(H,44,45)(H,46,47)(H,35,36,41). The van der Waals surface area contributed by atoms with Gasteiger partial charge in [-0.15, -0.1) is 0 Å². The van der Waals surface area contributed by atoms with Crippen molar-refractivity contribution in [2.75, 3.05) is 43.5 Å². The molecule has 270 valence electrons. The van der Waals surface area contributed by atoms with Crippen molar-refractivity contribution in [2.45, 2.75) is 85.5 Å². The number of anilines is 2. The molecule has 2 aromatic rings. The van der Waals surface area contributed by atoms with Crippen LogP contribution in [0.15, 0.2) is 24.3 Å². The lowest BCUT2D eigenvalue weighted by Gasteiger charge is -2.55. The number of benzene rings is 1. The zero-order valence-corrected chi connectivity index (χ0v) is 30.1. The Morgan fingerprint density at radius 3 is 2.14 bits per heavy atom. The summed E-state index contributed by atoms with van der Waals surface area (Å²) in [7, 11) is 0. The summed E-state index contributed by atoms with van der Waals surface area (Å²) < 4.78 is 5.29. The zero-order chi connectivity index (χ0) is 36.6. The number of morpholine rings is 1. The van der Waals surface area contributed by atoms with Crippen LogP contribution < -0.4 is 21.3 Å². The number of thiazole rings is 1. The van der Waals surface area contributed by atoms with Gasteiger partial charge in [0, 0.05) is 49.6 Å². The number of ether oxygens (including phenoxy) is 1. The van der Waals surface area contributed by atoms with Crippen LogP contribution in [0.1, 0.15) is 82.2 Å². The lowest BCUT2D eigenvalue weighted by Crippen LogP contribution is -2.76. The molecule has 3 rings (SSSR count). The predicted molar refractivity (Wildman–Crippen MR) is 186 cm³/mol. The van der Waals surface area contributed by atoms with E-state index < -0.39 is 28.9 Å². The van der Waals surface area contributed by atoms with Crippen LogP contribution in [0.4, 0.5) is 20.4 Å². The van der Waals surface area contributed by atoms with Crippen molar-refractivity contribution in [1.82, 2.24) is 25.4 Å². The molecule has 0 spiro atoms. The number of carbonyl (C=O) groups is 5. The lowest BCUT2D eigenvalue weighted by molar-refractivity contribution is -0.135. The number of hydrogen-bond acceptors (Lipinski definition) is 9. The molecule has 0 radical (unpaired) electrons. The Balaban J connectivity index is 1.74. The van der Waals surface area contributed by atoms with E-state index in [9.17, 15) is 34.2 Å². The van der Waals surface area contributed by atoms with Crippen LogP contribution in [0.2, 0.25) is 0 Å². The van der Waals surface area contributed by atoms with Crippen LogP contribution in [-0.2, 0) is 27.2 Å². The van der Waals surface area contributed by atoms with Crippen LogP contribution in [0.3, 0.4) is 0 Å². The van der Waals surface area contributed by atoms with Gasteiger partial charge in [0.2, 0.25) is 17.6 Å². The van der Waals surface area contributed by atoms with Crippen molar-refractivity contribution in [3.8, 4) is 0 Å². The third kappa shape index (κ3) is 10.5. The molecule has 0 aliphatic carbocycles. The van der Waals surface area contributed by atoms with Gasteiger partial charge in [-0.1, -0.05) is 44.2 Å². The topological polar surface area (TPSA) is 203 Å². The second-order valence-corrected chi connectivity index (χ2v) is 14.8. The summed E-state index contributed by atoms with van der Waals surface area (Å²) >= 11 is 1.08. The number of carbonyl (C=O) groups excluding carboxylic acids is 3. The molecule has 0 bridgehead atoms. The number of nitrogens with zero attached hydrogens (tertiary/aromatic N) is 3. The molecular formula is C33H49N7O8S. The molecule has 1 fully saturated rings. The minimum atomic E-state index is -1.75. The van der Waals surface area contributed by atoms with Crippen LogP contribution in [0.25, 0.3) is 0 Å². The highest BCUT2D eigenvalue weighted by atomic mass is 32.1. The maximum Gasteiger partial charge on any atom is 0.411 e. The molecule has 5 amide bonds. The average Bonchev–Trinajstić information content (AvgIpc) is 3.39. The molecule has 1 atom stereocenters. The maximum atomic E-state index is 13.2. The molecular weight excluding hydrogens is 654 g/mol. The summed E-state index contributed by atoms with van der Waals surface area (Å²) in [6.45, 7) is 14.2. The van der Waals surface area contributed by atoms with Crippen LogP contribution >= 0.6 is 11.3 Å². The lowest BCUT2D eigenvalue weighted by atomic mass is 9.82. The van der Waals surface area contributed by atoms with Gasteiger partial charge in [0.25, 0.3) is 5.91 Å². The summed E-state index contributed by atoms with van der Waals surface area (Å²) in [5.74, 6) is -2.37. The third-order valence-corrected chi connectivity index (χ3v) is 8.92. The van der Waals surface area contributed by atoms with Crippen molar-refractivity contribution < 1.29 is 38.9 Å². The normalized spacial score (nSPS) is 14.7. The molecule has 1 aromatic carbocycles. The van der Waals surface area contributed by atoms with E-state index in [4.69, 9.17) is 4.74 Å². The molecule has 0 saturated carbocycles. The monoisotopic (exact) mass is 703 g/mol. The number of amides is 5. The Kier molecular flexibility index (Phi) is 13.0. The maximum absolute atomic E-state index is 13.2. The Labute approximate surface area is 290 Å². The van der Waals surface area contributed by atoms with Gasteiger partial charge in [0.15, 0.2) is 5.13 Å². The first-order chi connectivity index (χ1) is 22.8. The van der Waals surface area contributed by atoms with E-state index in [0.717, 1.165) is 21.8 Å². The first-order valence-electron chi connectivity index (χ1n) is 16.2. The first-order valence-corrected chi connectivity index (χ1v) is 17.0. The molecule has 1 saturated heterocycles. The van der Waals surface area contributed by atoms with Gasteiger partial charge >= 0.3 is 12.2 Å². The van der Waals surface area contributed by atoms with E-state index in [1.54, 1.807) is 58.6 Å². The highest BCUT2D eigenvalue weighted by molar-refractivity contribution is 7.17. The fourth-order valence-electron chi connectivity index (χ4n) is 5.56. The Bertz CT molecular complexity index is 1490. The molecule has 1 aliphatic rings. The summed E-state index contributed by atoms with van der Waals surface area (Å²) in [5.41, 5.74) is -0.0516. The molecule has 16 heteroatoms. The number of carboxylic acid groups (broad SMARTS) is 2. The number of nitrogens with one attached hydrogen (secondary N) is 4. The summed E-state index contributed by atoms with van der Waals surface area (Å²) in [6, 6.07) is 7.12. The summed E-state index contributed by atoms with van der Waals surface area (Å²) in [4.78, 5) is 69.6. The molecule has 1 aromatic heterocycles. The average molecular weight is 704 g/mol. The Morgan fingerprint density at radius 2 is 1.61 bits per heavy atom. The highest BCUT2D eigenvalue weighted by Gasteiger charge is 2.54. The van der Waals surface area contributed by atoms with Crippen molar-refractivity contribution in [2.24, 2.45) is 5.41 Å². The predicted octanol–water partition coefficient (Wildman–Crippen LogP) is 4.41. The fourth-order valence-corrected chi connectivity index (χ4v) is 6.54. The second kappa shape index (κ2) is 16.3. The van der Waals surface area contributed by atoms with Gasteiger partial charge in [-0.05, 0) is 57.7 Å². The van der Waals surface area contributed by atoms with Gasteiger partial charge in [-0.2, -0.15) is 0 Å². The van der Waals surface area contributed by atoms with E-state index in [0.29, 0.717) is 79.9 Å². The van der Waals surface area contributed by atoms with Gasteiger partial charge in [-0.3, -0.25) is 24.6 Å². The largest absolute Gasteiger partial charge is 0.465 e. The minimum absolute atomic E-state index is 0.0286. The SMILES string of the molecule is CC(=O)Nc1nc(CCc2ccc(NC(NC(=O)O)(N(C(=O)O)C(C)(C)C)C(C)(C)C)cc2)c(C(=O)NCCCC(=O)N2CCOCC2)s1. The second-order valence-electron chi connectivity index (χ2n) is 13.8. The minimum Gasteiger partial charge on any atom is -0.465 e. The number of rotatable bonds is 13.